The second-order valence-corrected chi connectivity index (χ2v) is 7.83. The Kier molecular flexibility index (Phi) is 4.12. The Labute approximate surface area is 139 Å². The zero-order valence-electron chi connectivity index (χ0n) is 12.8. The molecule has 0 aromatic heterocycles. The third kappa shape index (κ3) is 2.61. The Morgan fingerprint density at radius 3 is 2.68 bits per heavy atom. The van der Waals surface area contributed by atoms with Crippen LogP contribution in [0.4, 0.5) is 5.69 Å². The lowest BCUT2D eigenvalue weighted by Gasteiger charge is -2.29. The Bertz CT molecular complexity index is 627. The highest BCUT2D eigenvalue weighted by molar-refractivity contribution is 7.99. The first kappa shape index (κ1) is 15.7. The molecule has 2 aliphatic heterocycles. The number of carbonyl (C=O) groups excluding carboxylic acids is 2. The van der Waals surface area contributed by atoms with Crippen molar-refractivity contribution in [3.8, 4) is 0 Å². The molecule has 2 amide bonds. The van der Waals surface area contributed by atoms with E-state index in [0.717, 1.165) is 35.8 Å². The average molecular weight is 339 g/mol. The molecule has 1 aromatic carbocycles. The van der Waals surface area contributed by atoms with Gasteiger partial charge in [-0.3, -0.25) is 9.59 Å². The van der Waals surface area contributed by atoms with E-state index in [1.54, 1.807) is 11.0 Å². The van der Waals surface area contributed by atoms with Gasteiger partial charge in [-0.2, -0.15) is 11.8 Å². The third-order valence-corrected chi connectivity index (χ3v) is 5.54. The standard InChI is InChI=1S/C16H19ClN2O2S/c1-16(2)12-9-11(17)3-4-13(12)19(15(16)21)10-14(20)18-5-7-22-8-6-18/h3-4,9H,5-8,10H2,1-2H3. The smallest absolute Gasteiger partial charge is 0.242 e. The molecule has 0 saturated carbocycles. The number of anilines is 1. The first-order valence-corrected chi connectivity index (χ1v) is 8.92. The highest BCUT2D eigenvalue weighted by Gasteiger charge is 2.44. The lowest BCUT2D eigenvalue weighted by Crippen LogP contribution is -2.46. The summed E-state index contributed by atoms with van der Waals surface area (Å²) < 4.78 is 0. The number of thioether (sulfide) groups is 1. The summed E-state index contributed by atoms with van der Waals surface area (Å²) in [5, 5.41) is 0.612. The van der Waals surface area contributed by atoms with E-state index in [2.05, 4.69) is 0 Å². The van der Waals surface area contributed by atoms with Gasteiger partial charge in [0.1, 0.15) is 6.54 Å². The van der Waals surface area contributed by atoms with Crippen LogP contribution in [-0.4, -0.2) is 47.9 Å². The normalized spacial score (nSPS) is 20.2. The molecule has 2 heterocycles. The van der Waals surface area contributed by atoms with Crippen LogP contribution < -0.4 is 4.90 Å². The van der Waals surface area contributed by atoms with Gasteiger partial charge in [0.2, 0.25) is 11.8 Å². The van der Waals surface area contributed by atoms with Crippen molar-refractivity contribution < 1.29 is 9.59 Å². The number of halogens is 1. The van der Waals surface area contributed by atoms with E-state index in [9.17, 15) is 9.59 Å². The predicted molar refractivity (Wildman–Crippen MR) is 90.7 cm³/mol. The second kappa shape index (κ2) is 5.78. The van der Waals surface area contributed by atoms with Crippen molar-refractivity contribution in [1.29, 1.82) is 0 Å². The Morgan fingerprint density at radius 1 is 1.32 bits per heavy atom. The Balaban J connectivity index is 1.85. The van der Waals surface area contributed by atoms with Crippen molar-refractivity contribution in [2.45, 2.75) is 19.3 Å². The van der Waals surface area contributed by atoms with Crippen LogP contribution in [0.1, 0.15) is 19.4 Å². The molecule has 2 aliphatic rings. The fourth-order valence-electron chi connectivity index (χ4n) is 3.01. The molecule has 0 radical (unpaired) electrons. The number of hydrogen-bond donors (Lipinski definition) is 0. The number of hydrogen-bond acceptors (Lipinski definition) is 3. The summed E-state index contributed by atoms with van der Waals surface area (Å²) in [5.74, 6) is 1.92. The lowest BCUT2D eigenvalue weighted by molar-refractivity contribution is -0.131. The molecule has 0 atom stereocenters. The zero-order valence-corrected chi connectivity index (χ0v) is 14.3. The minimum absolute atomic E-state index is 0.0206. The third-order valence-electron chi connectivity index (χ3n) is 4.36. The molecular formula is C16H19ClN2O2S. The van der Waals surface area contributed by atoms with Gasteiger partial charge in [-0.05, 0) is 37.6 Å². The van der Waals surface area contributed by atoms with E-state index in [1.807, 2.05) is 42.6 Å². The SMILES string of the molecule is CC1(C)C(=O)N(CC(=O)N2CCSCC2)c2ccc(Cl)cc21. The number of rotatable bonds is 2. The molecule has 1 saturated heterocycles. The van der Waals surface area contributed by atoms with Crippen LogP contribution in [0.5, 0.6) is 0 Å². The molecule has 4 nitrogen and oxygen atoms in total. The van der Waals surface area contributed by atoms with E-state index < -0.39 is 5.41 Å². The van der Waals surface area contributed by atoms with Gasteiger partial charge >= 0.3 is 0 Å². The summed E-state index contributed by atoms with van der Waals surface area (Å²) in [6.07, 6.45) is 0. The van der Waals surface area contributed by atoms with Gasteiger partial charge in [0, 0.05) is 35.3 Å². The van der Waals surface area contributed by atoms with Crippen LogP contribution in [0.2, 0.25) is 5.02 Å². The first-order chi connectivity index (χ1) is 10.4. The van der Waals surface area contributed by atoms with Crippen molar-refractivity contribution in [3.05, 3.63) is 28.8 Å². The van der Waals surface area contributed by atoms with Crippen molar-refractivity contribution in [2.75, 3.05) is 36.0 Å². The van der Waals surface area contributed by atoms with Crippen LogP contribution in [-0.2, 0) is 15.0 Å². The van der Waals surface area contributed by atoms with E-state index in [0.29, 0.717) is 5.02 Å². The summed E-state index contributed by atoms with van der Waals surface area (Å²) in [6.45, 7) is 5.41. The highest BCUT2D eigenvalue weighted by atomic mass is 35.5. The quantitative estimate of drug-likeness (QED) is 0.832. The average Bonchev–Trinajstić information content (AvgIpc) is 2.69. The Morgan fingerprint density at radius 2 is 2.00 bits per heavy atom. The number of benzene rings is 1. The second-order valence-electron chi connectivity index (χ2n) is 6.17. The summed E-state index contributed by atoms with van der Waals surface area (Å²) in [5.41, 5.74) is 1.06. The molecule has 22 heavy (non-hydrogen) atoms. The number of amides is 2. The fourth-order valence-corrected chi connectivity index (χ4v) is 4.09. The molecule has 0 unspecified atom stereocenters. The van der Waals surface area contributed by atoms with Gasteiger partial charge in [0.15, 0.2) is 0 Å². The topological polar surface area (TPSA) is 40.6 Å². The lowest BCUT2D eigenvalue weighted by atomic mass is 9.86. The van der Waals surface area contributed by atoms with Gasteiger partial charge in [-0.1, -0.05) is 11.6 Å². The van der Waals surface area contributed by atoms with E-state index in [4.69, 9.17) is 11.6 Å². The maximum Gasteiger partial charge on any atom is 0.242 e. The van der Waals surface area contributed by atoms with Gasteiger partial charge in [0.05, 0.1) is 5.41 Å². The highest BCUT2D eigenvalue weighted by Crippen LogP contribution is 2.42. The molecule has 0 aliphatic carbocycles. The molecule has 0 spiro atoms. The zero-order chi connectivity index (χ0) is 15.9. The van der Waals surface area contributed by atoms with Crippen LogP contribution in [0.25, 0.3) is 0 Å². The molecular weight excluding hydrogens is 320 g/mol. The largest absolute Gasteiger partial charge is 0.339 e. The minimum atomic E-state index is -0.641. The maximum absolute atomic E-state index is 12.7. The summed E-state index contributed by atoms with van der Waals surface area (Å²) >= 11 is 7.93. The molecule has 3 rings (SSSR count). The minimum Gasteiger partial charge on any atom is -0.339 e. The van der Waals surface area contributed by atoms with Crippen molar-refractivity contribution >= 4 is 40.9 Å². The van der Waals surface area contributed by atoms with Gasteiger partial charge in [0.25, 0.3) is 0 Å². The van der Waals surface area contributed by atoms with Crippen LogP contribution >= 0.6 is 23.4 Å². The molecule has 0 N–H and O–H groups in total. The summed E-state index contributed by atoms with van der Waals surface area (Å²) in [7, 11) is 0. The monoisotopic (exact) mass is 338 g/mol. The summed E-state index contributed by atoms with van der Waals surface area (Å²) in [6, 6.07) is 5.44. The maximum atomic E-state index is 12.7. The van der Waals surface area contributed by atoms with Crippen molar-refractivity contribution in [2.24, 2.45) is 0 Å². The Hall–Kier alpha value is -1.20. The fraction of sp³-hybridized carbons (Fsp3) is 0.500. The summed E-state index contributed by atoms with van der Waals surface area (Å²) in [4.78, 5) is 28.7. The van der Waals surface area contributed by atoms with Gasteiger partial charge in [-0.25, -0.2) is 0 Å². The molecule has 6 heteroatoms. The number of nitrogens with zero attached hydrogens (tertiary/aromatic N) is 2. The molecule has 0 bridgehead atoms. The van der Waals surface area contributed by atoms with Gasteiger partial charge < -0.3 is 9.80 Å². The van der Waals surface area contributed by atoms with Gasteiger partial charge in [-0.15, -0.1) is 0 Å². The van der Waals surface area contributed by atoms with E-state index >= 15 is 0 Å². The van der Waals surface area contributed by atoms with Crippen molar-refractivity contribution in [1.82, 2.24) is 4.90 Å². The van der Waals surface area contributed by atoms with Crippen molar-refractivity contribution in [3.63, 3.8) is 0 Å². The number of carbonyl (C=O) groups is 2. The van der Waals surface area contributed by atoms with E-state index in [-0.39, 0.29) is 18.4 Å². The van der Waals surface area contributed by atoms with Crippen LogP contribution in [0.3, 0.4) is 0 Å². The van der Waals surface area contributed by atoms with Crippen LogP contribution in [0.15, 0.2) is 18.2 Å². The van der Waals surface area contributed by atoms with Crippen LogP contribution in [0, 0.1) is 0 Å². The van der Waals surface area contributed by atoms with E-state index in [1.165, 1.54) is 0 Å². The number of fused-ring (bicyclic) bond motifs is 1. The first-order valence-electron chi connectivity index (χ1n) is 7.39. The molecule has 1 aromatic rings. The predicted octanol–water partition coefficient (Wildman–Crippen LogP) is 2.54. The molecule has 118 valence electrons. The molecule has 1 fully saturated rings.